The van der Waals surface area contributed by atoms with Crippen molar-refractivity contribution < 1.29 is 18.0 Å². The minimum atomic E-state index is -4.38. The molecule has 32 heavy (non-hydrogen) atoms. The summed E-state index contributed by atoms with van der Waals surface area (Å²) >= 11 is 6.16. The lowest BCUT2D eigenvalue weighted by Gasteiger charge is -2.26. The first-order chi connectivity index (χ1) is 15.0. The third-order valence-corrected chi connectivity index (χ3v) is 6.83. The second-order valence-electron chi connectivity index (χ2n) is 9.10. The van der Waals surface area contributed by atoms with Gasteiger partial charge in [0.25, 0.3) is 0 Å². The number of alkyl halides is 3. The summed E-state index contributed by atoms with van der Waals surface area (Å²) in [6, 6.07) is 9.57. The summed E-state index contributed by atoms with van der Waals surface area (Å²) in [6.07, 6.45) is -1.98. The summed E-state index contributed by atoms with van der Waals surface area (Å²) in [5.41, 5.74) is 8.24. The van der Waals surface area contributed by atoms with Gasteiger partial charge in [-0.15, -0.1) is 0 Å². The number of nitrogen functional groups attached to an aromatic ring is 1. The lowest BCUT2D eigenvalue weighted by atomic mass is 9.81. The van der Waals surface area contributed by atoms with Crippen molar-refractivity contribution >= 4 is 23.2 Å². The molecule has 0 aromatic heterocycles. The van der Waals surface area contributed by atoms with E-state index in [0.29, 0.717) is 35.7 Å². The number of amides is 1. The molecular weight excluding hydrogens is 437 g/mol. The van der Waals surface area contributed by atoms with E-state index in [1.54, 1.807) is 6.07 Å². The summed E-state index contributed by atoms with van der Waals surface area (Å²) < 4.78 is 39.9. The van der Waals surface area contributed by atoms with Crippen LogP contribution in [-0.4, -0.2) is 23.4 Å². The lowest BCUT2D eigenvalue weighted by Crippen LogP contribution is -2.33. The molecule has 1 heterocycles. The van der Waals surface area contributed by atoms with Crippen molar-refractivity contribution in [2.45, 2.75) is 58.7 Å². The monoisotopic (exact) mass is 466 g/mol. The van der Waals surface area contributed by atoms with Gasteiger partial charge in [-0.25, -0.2) is 0 Å². The molecule has 174 valence electrons. The molecule has 2 aromatic rings. The van der Waals surface area contributed by atoms with Crippen LogP contribution in [0, 0.1) is 18.8 Å². The van der Waals surface area contributed by atoms with Crippen LogP contribution in [0.5, 0.6) is 0 Å². The molecule has 1 saturated heterocycles. The zero-order valence-electron chi connectivity index (χ0n) is 18.7. The SMILES string of the molecule is Cc1ccc(C(F)(F)F)cc1CC(CCc1ccc(N)c(Cl)c1)[C@H]1CC(=O)N(C(C)C)C1. The van der Waals surface area contributed by atoms with Gasteiger partial charge in [-0.05, 0) is 92.8 Å². The minimum Gasteiger partial charge on any atom is -0.398 e. The van der Waals surface area contributed by atoms with Crippen molar-refractivity contribution in [1.29, 1.82) is 0 Å². The van der Waals surface area contributed by atoms with Crippen molar-refractivity contribution in [3.63, 3.8) is 0 Å². The van der Waals surface area contributed by atoms with Crippen LogP contribution >= 0.6 is 11.6 Å². The van der Waals surface area contributed by atoms with Gasteiger partial charge in [-0.1, -0.05) is 23.7 Å². The maximum absolute atomic E-state index is 13.3. The smallest absolute Gasteiger partial charge is 0.398 e. The number of carbonyl (C=O) groups excluding carboxylic acids is 1. The molecule has 0 spiro atoms. The van der Waals surface area contributed by atoms with E-state index in [-0.39, 0.29) is 23.8 Å². The highest BCUT2D eigenvalue weighted by atomic mass is 35.5. The first-order valence-corrected chi connectivity index (χ1v) is 11.3. The van der Waals surface area contributed by atoms with Gasteiger partial charge in [-0.3, -0.25) is 4.79 Å². The van der Waals surface area contributed by atoms with E-state index in [1.165, 1.54) is 12.1 Å². The minimum absolute atomic E-state index is 0.0706. The zero-order chi connectivity index (χ0) is 23.6. The summed E-state index contributed by atoms with van der Waals surface area (Å²) in [5.74, 6) is 0.288. The lowest BCUT2D eigenvalue weighted by molar-refractivity contribution is -0.137. The third kappa shape index (κ3) is 5.77. The summed E-state index contributed by atoms with van der Waals surface area (Å²) in [5, 5.41) is 0.495. The number of anilines is 1. The number of nitrogens with two attached hydrogens (primary N) is 1. The largest absolute Gasteiger partial charge is 0.416 e. The Balaban J connectivity index is 1.85. The summed E-state index contributed by atoms with van der Waals surface area (Å²) in [4.78, 5) is 14.4. The Labute approximate surface area is 192 Å². The van der Waals surface area contributed by atoms with Gasteiger partial charge in [0.15, 0.2) is 0 Å². The topological polar surface area (TPSA) is 46.3 Å². The number of nitrogens with zero attached hydrogens (tertiary/aromatic N) is 1. The molecular formula is C25H30ClF3N2O. The molecule has 2 N–H and O–H groups in total. The predicted molar refractivity (Wildman–Crippen MR) is 123 cm³/mol. The van der Waals surface area contributed by atoms with E-state index in [2.05, 4.69) is 0 Å². The molecule has 1 unspecified atom stereocenters. The molecule has 2 aromatic carbocycles. The molecule has 0 aliphatic carbocycles. The summed E-state index contributed by atoms with van der Waals surface area (Å²) in [7, 11) is 0. The second kappa shape index (κ2) is 9.74. The van der Waals surface area contributed by atoms with Crippen molar-refractivity contribution in [2.75, 3.05) is 12.3 Å². The van der Waals surface area contributed by atoms with Crippen LogP contribution in [0.3, 0.4) is 0 Å². The zero-order valence-corrected chi connectivity index (χ0v) is 19.4. The Kier molecular flexibility index (Phi) is 7.43. The first-order valence-electron chi connectivity index (χ1n) is 11.0. The van der Waals surface area contributed by atoms with Crippen LogP contribution in [0.4, 0.5) is 18.9 Å². The third-order valence-electron chi connectivity index (χ3n) is 6.51. The Hall–Kier alpha value is -2.21. The number of benzene rings is 2. The fourth-order valence-electron chi connectivity index (χ4n) is 4.51. The first kappa shape index (κ1) is 24.4. The van der Waals surface area contributed by atoms with Crippen molar-refractivity contribution in [3.05, 3.63) is 63.7 Å². The van der Waals surface area contributed by atoms with Crippen LogP contribution in [0.1, 0.15) is 48.9 Å². The Morgan fingerprint density at radius 3 is 2.50 bits per heavy atom. The highest BCUT2D eigenvalue weighted by molar-refractivity contribution is 6.33. The highest BCUT2D eigenvalue weighted by Crippen LogP contribution is 2.35. The van der Waals surface area contributed by atoms with E-state index in [9.17, 15) is 18.0 Å². The van der Waals surface area contributed by atoms with Gasteiger partial charge in [-0.2, -0.15) is 13.2 Å². The van der Waals surface area contributed by atoms with Gasteiger partial charge in [0.05, 0.1) is 16.3 Å². The van der Waals surface area contributed by atoms with Gasteiger partial charge >= 0.3 is 6.18 Å². The average molecular weight is 467 g/mol. The number of rotatable bonds is 7. The number of aryl methyl sites for hydroxylation is 2. The molecule has 2 atom stereocenters. The average Bonchev–Trinajstić information content (AvgIpc) is 3.10. The second-order valence-corrected chi connectivity index (χ2v) is 9.51. The predicted octanol–water partition coefficient (Wildman–Crippen LogP) is 6.30. The van der Waals surface area contributed by atoms with Crippen LogP contribution in [0.15, 0.2) is 36.4 Å². The van der Waals surface area contributed by atoms with Gasteiger partial charge in [0, 0.05) is 19.0 Å². The normalized spacial score (nSPS) is 17.9. The molecule has 3 rings (SSSR count). The number of hydrogen-bond donors (Lipinski definition) is 1. The molecule has 1 fully saturated rings. The van der Waals surface area contributed by atoms with Crippen LogP contribution in [0.25, 0.3) is 0 Å². The van der Waals surface area contributed by atoms with E-state index in [1.807, 2.05) is 37.8 Å². The fourth-order valence-corrected chi connectivity index (χ4v) is 4.71. The van der Waals surface area contributed by atoms with E-state index < -0.39 is 11.7 Å². The Morgan fingerprint density at radius 1 is 1.19 bits per heavy atom. The summed E-state index contributed by atoms with van der Waals surface area (Å²) in [6.45, 7) is 6.46. The van der Waals surface area contributed by atoms with E-state index >= 15 is 0 Å². The molecule has 7 heteroatoms. The fraction of sp³-hybridized carbons (Fsp3) is 0.480. The number of carbonyl (C=O) groups is 1. The molecule has 1 aliphatic heterocycles. The number of hydrogen-bond acceptors (Lipinski definition) is 2. The van der Waals surface area contributed by atoms with Crippen molar-refractivity contribution in [1.82, 2.24) is 4.90 Å². The van der Waals surface area contributed by atoms with Crippen LogP contribution < -0.4 is 5.73 Å². The Morgan fingerprint density at radius 2 is 1.91 bits per heavy atom. The van der Waals surface area contributed by atoms with Crippen molar-refractivity contribution in [2.24, 2.45) is 11.8 Å². The maximum Gasteiger partial charge on any atom is 0.416 e. The highest BCUT2D eigenvalue weighted by Gasteiger charge is 2.36. The molecule has 0 saturated carbocycles. The molecule has 1 aliphatic rings. The quantitative estimate of drug-likeness (QED) is 0.487. The number of halogens is 4. The maximum atomic E-state index is 13.3. The molecule has 0 radical (unpaired) electrons. The molecule has 0 bridgehead atoms. The van der Waals surface area contributed by atoms with Gasteiger partial charge < -0.3 is 10.6 Å². The Bertz CT molecular complexity index is 974. The molecule has 1 amide bonds. The molecule has 3 nitrogen and oxygen atoms in total. The number of likely N-dealkylation sites (tertiary alicyclic amines) is 1. The van der Waals surface area contributed by atoms with Crippen LogP contribution in [-0.2, 0) is 23.8 Å². The van der Waals surface area contributed by atoms with Gasteiger partial charge in [0.2, 0.25) is 5.91 Å². The van der Waals surface area contributed by atoms with E-state index in [4.69, 9.17) is 17.3 Å². The van der Waals surface area contributed by atoms with Gasteiger partial charge in [0.1, 0.15) is 0 Å². The standard InChI is InChI=1S/C25H30ClF3N2O/c1-15(2)31-14-20(13-24(31)32)18(7-5-17-6-9-23(30)22(26)10-17)11-19-12-21(25(27,28)29)8-4-16(19)3/h4,6,8-10,12,15,18,20H,5,7,11,13-14,30H2,1-3H3/t18?,20-/m0/s1. The van der Waals surface area contributed by atoms with E-state index in [0.717, 1.165) is 30.0 Å². The van der Waals surface area contributed by atoms with Crippen LogP contribution in [0.2, 0.25) is 5.02 Å². The van der Waals surface area contributed by atoms with Crippen molar-refractivity contribution in [3.8, 4) is 0 Å².